The summed E-state index contributed by atoms with van der Waals surface area (Å²) >= 11 is 5.99. The van der Waals surface area contributed by atoms with E-state index < -0.39 is 33.9 Å². The first-order valence-corrected chi connectivity index (χ1v) is 15.4. The Morgan fingerprint density at radius 2 is 1.60 bits per heavy atom. The van der Waals surface area contributed by atoms with Crippen molar-refractivity contribution in [1.82, 2.24) is 15.4 Å². The number of rotatable bonds is 14. The van der Waals surface area contributed by atoms with E-state index in [9.17, 15) is 22.7 Å². The van der Waals surface area contributed by atoms with Gasteiger partial charge in [0.25, 0.3) is 5.91 Å². The molecule has 226 valence electrons. The van der Waals surface area contributed by atoms with Crippen molar-refractivity contribution < 1.29 is 27.4 Å². The molecule has 0 saturated heterocycles. The first-order valence-electron chi connectivity index (χ1n) is 13.5. The van der Waals surface area contributed by atoms with Gasteiger partial charge in [0.15, 0.2) is 0 Å². The van der Waals surface area contributed by atoms with Gasteiger partial charge in [-0.3, -0.25) is 4.79 Å². The first-order chi connectivity index (χ1) is 20.6. The normalized spacial score (nSPS) is 12.8. The highest BCUT2D eigenvalue weighted by molar-refractivity contribution is 7.89. The average Bonchev–Trinajstić information content (AvgIpc) is 3.01. The summed E-state index contributed by atoms with van der Waals surface area (Å²) in [6.45, 7) is 0.618. The maximum absolute atomic E-state index is 13.5. The number of nitrogens with one attached hydrogen (secondary N) is 3. The molecule has 11 heteroatoms. The lowest BCUT2D eigenvalue weighted by molar-refractivity contribution is 0.0829. The Kier molecular flexibility index (Phi) is 11.3. The molecule has 0 saturated carbocycles. The third-order valence-electron chi connectivity index (χ3n) is 6.73. The van der Waals surface area contributed by atoms with Crippen molar-refractivity contribution in [3.05, 3.63) is 130 Å². The standard InChI is InChI=1S/C32H33ClFN3O5S/c1-42-28-9-3-6-24(16-28)19-35-21-31(38)30(17-22-11-13-27(34)14-12-22)37-32(39)25-7-4-10-29(18-25)43(40,41)36-20-23-5-2-8-26(33)15-23/h2-16,18,30-31,35-36,38H,17,19-21H2,1H3,(H,37,39)/t30-,31+/m0/s1. The number of sulfonamides is 1. The third kappa shape index (κ3) is 9.60. The van der Waals surface area contributed by atoms with Gasteiger partial charge in [0.05, 0.1) is 24.2 Å². The van der Waals surface area contributed by atoms with Crippen LogP contribution in [-0.4, -0.2) is 45.2 Å². The zero-order valence-corrected chi connectivity index (χ0v) is 25.0. The van der Waals surface area contributed by atoms with Crippen LogP contribution in [0, 0.1) is 5.82 Å². The van der Waals surface area contributed by atoms with E-state index in [-0.39, 0.29) is 30.0 Å². The molecular formula is C32H33ClFN3O5S. The molecule has 1 amide bonds. The Labute approximate surface area is 255 Å². The highest BCUT2D eigenvalue weighted by atomic mass is 35.5. The minimum atomic E-state index is -3.95. The molecule has 0 aliphatic rings. The molecule has 0 aromatic heterocycles. The van der Waals surface area contributed by atoms with E-state index in [1.807, 2.05) is 24.3 Å². The Morgan fingerprint density at radius 3 is 2.33 bits per heavy atom. The topological polar surface area (TPSA) is 117 Å². The van der Waals surface area contributed by atoms with Gasteiger partial charge in [0.2, 0.25) is 10.0 Å². The minimum Gasteiger partial charge on any atom is -0.497 e. The minimum absolute atomic E-state index is 0.0218. The number of hydrogen-bond acceptors (Lipinski definition) is 6. The van der Waals surface area contributed by atoms with Crippen LogP contribution in [0.5, 0.6) is 5.75 Å². The SMILES string of the molecule is COc1cccc(CNC[C@@H](O)[C@H](Cc2ccc(F)cc2)NC(=O)c2cccc(S(=O)(=O)NCc3cccc(Cl)c3)c2)c1. The van der Waals surface area contributed by atoms with Gasteiger partial charge in [0, 0.05) is 30.2 Å². The van der Waals surface area contributed by atoms with E-state index in [1.165, 1.54) is 36.4 Å². The van der Waals surface area contributed by atoms with Gasteiger partial charge in [-0.25, -0.2) is 17.5 Å². The summed E-state index contributed by atoms with van der Waals surface area (Å²) in [6.07, 6.45) is -0.807. The Morgan fingerprint density at radius 1 is 0.907 bits per heavy atom. The molecule has 0 unspecified atom stereocenters. The first kappa shape index (κ1) is 32.1. The number of aliphatic hydroxyl groups excluding tert-OH is 1. The molecule has 4 aromatic rings. The predicted molar refractivity (Wildman–Crippen MR) is 164 cm³/mol. The lowest BCUT2D eigenvalue weighted by Crippen LogP contribution is -2.48. The van der Waals surface area contributed by atoms with E-state index >= 15 is 0 Å². The largest absolute Gasteiger partial charge is 0.497 e. The molecule has 4 N–H and O–H groups in total. The Hall–Kier alpha value is -3.80. The second kappa shape index (κ2) is 15.1. The van der Waals surface area contributed by atoms with Crippen LogP contribution in [0.2, 0.25) is 5.02 Å². The fourth-order valence-corrected chi connectivity index (χ4v) is 5.69. The summed E-state index contributed by atoms with van der Waals surface area (Å²) in [5, 5.41) is 17.6. The number of carbonyl (C=O) groups is 1. The van der Waals surface area contributed by atoms with E-state index in [2.05, 4.69) is 15.4 Å². The summed E-state index contributed by atoms with van der Waals surface area (Å²) in [5.74, 6) is -0.247. The monoisotopic (exact) mass is 625 g/mol. The predicted octanol–water partition coefficient (Wildman–Crippen LogP) is 4.46. The number of ether oxygens (including phenoxy) is 1. The fraction of sp³-hybridized carbons (Fsp3) is 0.219. The van der Waals surface area contributed by atoms with Gasteiger partial charge >= 0.3 is 0 Å². The molecule has 8 nitrogen and oxygen atoms in total. The molecule has 0 heterocycles. The number of amides is 1. The number of carbonyl (C=O) groups excluding carboxylic acids is 1. The molecule has 0 spiro atoms. The number of halogens is 2. The number of benzene rings is 4. The van der Waals surface area contributed by atoms with E-state index in [4.69, 9.17) is 16.3 Å². The number of methoxy groups -OCH3 is 1. The number of hydrogen-bond donors (Lipinski definition) is 4. The molecular weight excluding hydrogens is 593 g/mol. The molecule has 2 atom stereocenters. The van der Waals surface area contributed by atoms with Gasteiger partial charge in [-0.15, -0.1) is 0 Å². The van der Waals surface area contributed by atoms with Crippen LogP contribution in [0.1, 0.15) is 27.0 Å². The molecule has 43 heavy (non-hydrogen) atoms. The van der Waals surface area contributed by atoms with Gasteiger partial charge in [-0.1, -0.05) is 54.1 Å². The van der Waals surface area contributed by atoms with Crippen LogP contribution in [0.3, 0.4) is 0 Å². The third-order valence-corrected chi connectivity index (χ3v) is 8.36. The zero-order valence-electron chi connectivity index (χ0n) is 23.5. The van der Waals surface area contributed by atoms with Crippen LogP contribution in [0.25, 0.3) is 0 Å². The fourth-order valence-electron chi connectivity index (χ4n) is 4.41. The maximum atomic E-state index is 13.5. The molecule has 4 rings (SSSR count). The van der Waals surface area contributed by atoms with Crippen LogP contribution in [0.4, 0.5) is 4.39 Å². The van der Waals surface area contributed by atoms with Crippen molar-refractivity contribution >= 4 is 27.5 Å². The van der Waals surface area contributed by atoms with Crippen LogP contribution >= 0.6 is 11.6 Å². The molecule has 0 aliphatic carbocycles. The molecule has 4 aromatic carbocycles. The lowest BCUT2D eigenvalue weighted by Gasteiger charge is -2.25. The Balaban J connectivity index is 1.45. The van der Waals surface area contributed by atoms with Crippen molar-refractivity contribution in [2.45, 2.75) is 36.6 Å². The molecule has 0 radical (unpaired) electrons. The van der Waals surface area contributed by atoms with Crippen LogP contribution in [-0.2, 0) is 29.5 Å². The number of aliphatic hydroxyl groups is 1. The van der Waals surface area contributed by atoms with Gasteiger partial charge in [-0.05, 0) is 77.7 Å². The van der Waals surface area contributed by atoms with Crippen LogP contribution < -0.4 is 20.1 Å². The van der Waals surface area contributed by atoms with Crippen molar-refractivity contribution in [1.29, 1.82) is 0 Å². The summed E-state index contributed by atoms with van der Waals surface area (Å²) in [5.41, 5.74) is 2.45. The van der Waals surface area contributed by atoms with Crippen molar-refractivity contribution in [2.24, 2.45) is 0 Å². The van der Waals surface area contributed by atoms with Gasteiger partial charge in [-0.2, -0.15) is 0 Å². The zero-order chi connectivity index (χ0) is 30.8. The lowest BCUT2D eigenvalue weighted by atomic mass is 10.00. The van der Waals surface area contributed by atoms with Gasteiger partial charge in [0.1, 0.15) is 11.6 Å². The second-order valence-corrected chi connectivity index (χ2v) is 12.1. The molecule has 0 bridgehead atoms. The van der Waals surface area contributed by atoms with E-state index in [0.717, 1.165) is 5.56 Å². The summed E-state index contributed by atoms with van der Waals surface area (Å²) < 4.78 is 47.2. The highest BCUT2D eigenvalue weighted by Crippen LogP contribution is 2.16. The van der Waals surface area contributed by atoms with Crippen molar-refractivity contribution in [3.8, 4) is 5.75 Å². The van der Waals surface area contributed by atoms with E-state index in [1.54, 1.807) is 43.5 Å². The smallest absolute Gasteiger partial charge is 0.251 e. The highest BCUT2D eigenvalue weighted by Gasteiger charge is 2.24. The average molecular weight is 626 g/mol. The Bertz CT molecular complexity index is 1640. The summed E-state index contributed by atoms with van der Waals surface area (Å²) in [6, 6.07) is 25.0. The quantitative estimate of drug-likeness (QED) is 0.164. The van der Waals surface area contributed by atoms with Crippen molar-refractivity contribution in [2.75, 3.05) is 13.7 Å². The van der Waals surface area contributed by atoms with Gasteiger partial charge < -0.3 is 20.5 Å². The second-order valence-electron chi connectivity index (χ2n) is 9.94. The molecule has 0 fully saturated rings. The van der Waals surface area contributed by atoms with Crippen molar-refractivity contribution in [3.63, 3.8) is 0 Å². The summed E-state index contributed by atoms with van der Waals surface area (Å²) in [4.78, 5) is 13.2. The summed E-state index contributed by atoms with van der Waals surface area (Å²) in [7, 11) is -2.36. The molecule has 0 aliphatic heterocycles. The van der Waals surface area contributed by atoms with E-state index in [0.29, 0.717) is 28.4 Å². The maximum Gasteiger partial charge on any atom is 0.251 e. The van der Waals surface area contributed by atoms with Crippen LogP contribution in [0.15, 0.2) is 102 Å².